The maximum atomic E-state index is 12.1. The highest BCUT2D eigenvalue weighted by Gasteiger charge is 2.26. The Labute approximate surface area is 151 Å². The SMILES string of the molecule is NC(=O)C[C@H](NC(=O)c1ccc(C#CC2(O)CCCCC2)cc1)C(=O)O. The minimum Gasteiger partial charge on any atom is -0.480 e. The molecule has 0 radical (unpaired) electrons. The first-order valence-corrected chi connectivity index (χ1v) is 8.47. The van der Waals surface area contributed by atoms with Gasteiger partial charge in [-0.25, -0.2) is 4.79 Å². The minimum atomic E-state index is -1.37. The Balaban J connectivity index is 2.03. The van der Waals surface area contributed by atoms with Crippen molar-refractivity contribution in [3.63, 3.8) is 0 Å². The minimum absolute atomic E-state index is 0.239. The van der Waals surface area contributed by atoms with Crippen LogP contribution in [0.3, 0.4) is 0 Å². The molecular weight excluding hydrogens is 336 g/mol. The van der Waals surface area contributed by atoms with Crippen molar-refractivity contribution in [2.24, 2.45) is 5.73 Å². The lowest BCUT2D eigenvalue weighted by Crippen LogP contribution is -2.43. The van der Waals surface area contributed by atoms with E-state index < -0.39 is 35.8 Å². The maximum Gasteiger partial charge on any atom is 0.326 e. The third kappa shape index (κ3) is 5.60. The molecule has 0 unspecified atom stereocenters. The molecule has 2 amide bonds. The van der Waals surface area contributed by atoms with Gasteiger partial charge in [0.1, 0.15) is 11.6 Å². The van der Waals surface area contributed by atoms with Gasteiger partial charge in [0, 0.05) is 11.1 Å². The number of nitrogens with one attached hydrogen (secondary N) is 1. The molecule has 1 saturated carbocycles. The molecule has 0 aliphatic heterocycles. The molecule has 1 aliphatic rings. The number of carbonyl (C=O) groups excluding carboxylic acids is 2. The molecule has 2 rings (SSSR count). The smallest absolute Gasteiger partial charge is 0.326 e. The first-order valence-electron chi connectivity index (χ1n) is 8.47. The number of hydrogen-bond acceptors (Lipinski definition) is 4. The summed E-state index contributed by atoms with van der Waals surface area (Å²) in [5.41, 5.74) is 4.92. The molecule has 0 aromatic heterocycles. The van der Waals surface area contributed by atoms with Gasteiger partial charge >= 0.3 is 5.97 Å². The fourth-order valence-electron chi connectivity index (χ4n) is 2.80. The van der Waals surface area contributed by atoms with E-state index in [4.69, 9.17) is 10.8 Å². The van der Waals surface area contributed by atoms with Gasteiger partial charge in [-0.1, -0.05) is 18.3 Å². The molecular formula is C19H22N2O5. The number of aliphatic hydroxyl groups is 1. The molecule has 1 aromatic rings. The fourth-order valence-corrected chi connectivity index (χ4v) is 2.80. The van der Waals surface area contributed by atoms with Gasteiger partial charge in [-0.15, -0.1) is 0 Å². The van der Waals surface area contributed by atoms with E-state index in [-0.39, 0.29) is 5.56 Å². The first-order chi connectivity index (χ1) is 12.3. The fraction of sp³-hybridized carbons (Fsp3) is 0.421. The number of carboxylic acid groups (broad SMARTS) is 1. The number of carbonyl (C=O) groups is 3. The van der Waals surface area contributed by atoms with Gasteiger partial charge in [0.15, 0.2) is 0 Å². The lowest BCUT2D eigenvalue weighted by atomic mass is 9.85. The molecule has 7 nitrogen and oxygen atoms in total. The lowest BCUT2D eigenvalue weighted by molar-refractivity contribution is -0.140. The molecule has 0 bridgehead atoms. The average molecular weight is 358 g/mol. The normalized spacial score (nSPS) is 16.7. The summed E-state index contributed by atoms with van der Waals surface area (Å²) in [5.74, 6) is 3.06. The monoisotopic (exact) mass is 358 g/mol. The van der Waals surface area contributed by atoms with Crippen molar-refractivity contribution < 1.29 is 24.6 Å². The standard InChI is InChI=1S/C19H22N2O5/c20-16(22)12-15(18(24)25)21-17(23)14-6-4-13(5-7-14)8-11-19(26)9-2-1-3-10-19/h4-7,15,26H,1-3,9-10,12H2,(H2,20,22)(H,21,23)(H,24,25)/t15-/m0/s1. The van der Waals surface area contributed by atoms with Crippen LogP contribution < -0.4 is 11.1 Å². The lowest BCUT2D eigenvalue weighted by Gasteiger charge is -2.26. The van der Waals surface area contributed by atoms with E-state index >= 15 is 0 Å². The number of nitrogens with two attached hydrogens (primary N) is 1. The van der Waals surface area contributed by atoms with Crippen LogP contribution in [-0.2, 0) is 9.59 Å². The molecule has 1 aliphatic carbocycles. The van der Waals surface area contributed by atoms with Crippen LogP contribution in [-0.4, -0.2) is 39.6 Å². The summed E-state index contributed by atoms with van der Waals surface area (Å²) in [6, 6.07) is 4.89. The van der Waals surface area contributed by atoms with Gasteiger partial charge in [0.25, 0.3) is 5.91 Å². The summed E-state index contributed by atoms with van der Waals surface area (Å²) in [6.07, 6.45) is 3.87. The second-order valence-electron chi connectivity index (χ2n) is 6.45. The summed E-state index contributed by atoms with van der Waals surface area (Å²) >= 11 is 0. The van der Waals surface area contributed by atoms with Gasteiger partial charge in [0.05, 0.1) is 6.42 Å². The van der Waals surface area contributed by atoms with E-state index in [1.807, 2.05) is 0 Å². The highest BCUT2D eigenvalue weighted by Crippen LogP contribution is 2.27. The third-order valence-corrected chi connectivity index (χ3v) is 4.28. The topological polar surface area (TPSA) is 130 Å². The van der Waals surface area contributed by atoms with E-state index in [0.29, 0.717) is 18.4 Å². The van der Waals surface area contributed by atoms with Gasteiger partial charge in [-0.05, 0) is 49.9 Å². The van der Waals surface area contributed by atoms with Crippen LogP contribution in [0.25, 0.3) is 0 Å². The summed E-state index contributed by atoms with van der Waals surface area (Å²) in [7, 11) is 0. The van der Waals surface area contributed by atoms with E-state index in [0.717, 1.165) is 19.3 Å². The maximum absolute atomic E-state index is 12.1. The predicted molar refractivity (Wildman–Crippen MR) is 94.1 cm³/mol. The quantitative estimate of drug-likeness (QED) is 0.578. The van der Waals surface area contributed by atoms with Crippen LogP contribution in [0.2, 0.25) is 0 Å². The molecule has 1 aromatic carbocycles. The Bertz CT molecular complexity index is 739. The Morgan fingerprint density at radius 1 is 1.15 bits per heavy atom. The third-order valence-electron chi connectivity index (χ3n) is 4.28. The van der Waals surface area contributed by atoms with Crippen LogP contribution >= 0.6 is 0 Å². The van der Waals surface area contributed by atoms with Gasteiger partial charge in [-0.2, -0.15) is 0 Å². The number of amides is 2. The largest absolute Gasteiger partial charge is 0.480 e. The number of primary amides is 1. The molecule has 138 valence electrons. The predicted octanol–water partition coefficient (Wildman–Crippen LogP) is 0.792. The van der Waals surface area contributed by atoms with Crippen molar-refractivity contribution >= 4 is 17.8 Å². The van der Waals surface area contributed by atoms with Crippen molar-refractivity contribution in [3.05, 3.63) is 35.4 Å². The molecule has 1 atom stereocenters. The van der Waals surface area contributed by atoms with Gasteiger partial charge in [0.2, 0.25) is 5.91 Å². The second kappa shape index (κ2) is 8.50. The number of benzene rings is 1. The number of aliphatic carboxylic acids is 1. The van der Waals surface area contributed by atoms with E-state index in [9.17, 15) is 19.5 Å². The van der Waals surface area contributed by atoms with Crippen molar-refractivity contribution in [1.29, 1.82) is 0 Å². The highest BCUT2D eigenvalue weighted by molar-refractivity contribution is 5.97. The van der Waals surface area contributed by atoms with E-state index in [2.05, 4.69) is 17.2 Å². The highest BCUT2D eigenvalue weighted by atomic mass is 16.4. The molecule has 26 heavy (non-hydrogen) atoms. The Morgan fingerprint density at radius 2 is 1.77 bits per heavy atom. The zero-order valence-electron chi connectivity index (χ0n) is 14.3. The van der Waals surface area contributed by atoms with E-state index in [1.165, 1.54) is 12.1 Å². The summed E-state index contributed by atoms with van der Waals surface area (Å²) in [6.45, 7) is 0. The van der Waals surface area contributed by atoms with E-state index in [1.54, 1.807) is 12.1 Å². The molecule has 0 heterocycles. The van der Waals surface area contributed by atoms with Crippen LogP contribution in [0.15, 0.2) is 24.3 Å². The molecule has 5 N–H and O–H groups in total. The zero-order chi connectivity index (χ0) is 19.2. The Kier molecular flexibility index (Phi) is 6.36. The van der Waals surface area contributed by atoms with Crippen LogP contribution in [0.4, 0.5) is 0 Å². The molecule has 7 heteroatoms. The Hall–Kier alpha value is -2.85. The average Bonchev–Trinajstić information content (AvgIpc) is 2.60. The van der Waals surface area contributed by atoms with Crippen molar-refractivity contribution in [2.45, 2.75) is 50.2 Å². The number of hydrogen-bond donors (Lipinski definition) is 4. The first kappa shape index (κ1) is 19.5. The van der Waals surface area contributed by atoms with Gasteiger partial charge < -0.3 is 21.3 Å². The second-order valence-corrected chi connectivity index (χ2v) is 6.45. The zero-order valence-corrected chi connectivity index (χ0v) is 14.3. The molecule has 0 spiro atoms. The number of carboxylic acids is 1. The van der Waals surface area contributed by atoms with Crippen molar-refractivity contribution in [1.82, 2.24) is 5.32 Å². The van der Waals surface area contributed by atoms with Crippen molar-refractivity contribution in [3.8, 4) is 11.8 Å². The van der Waals surface area contributed by atoms with Crippen LogP contribution in [0.5, 0.6) is 0 Å². The van der Waals surface area contributed by atoms with Gasteiger partial charge in [-0.3, -0.25) is 9.59 Å². The molecule has 0 saturated heterocycles. The summed E-state index contributed by atoms with van der Waals surface area (Å²) in [4.78, 5) is 34.0. The molecule has 1 fully saturated rings. The van der Waals surface area contributed by atoms with Crippen LogP contribution in [0.1, 0.15) is 54.4 Å². The number of rotatable bonds is 5. The summed E-state index contributed by atoms with van der Waals surface area (Å²) < 4.78 is 0. The van der Waals surface area contributed by atoms with Crippen molar-refractivity contribution in [2.75, 3.05) is 0 Å². The summed E-state index contributed by atoms with van der Waals surface area (Å²) in [5, 5.41) is 21.6. The Morgan fingerprint density at radius 3 is 2.31 bits per heavy atom. The van der Waals surface area contributed by atoms with Crippen LogP contribution in [0, 0.1) is 11.8 Å².